The van der Waals surface area contributed by atoms with Crippen LogP contribution in [0.4, 0.5) is 8.78 Å². The van der Waals surface area contributed by atoms with Crippen LogP contribution in [0.25, 0.3) is 0 Å². The normalized spacial score (nSPS) is 26.9. The van der Waals surface area contributed by atoms with E-state index in [-0.39, 0.29) is 23.1 Å². The van der Waals surface area contributed by atoms with Crippen molar-refractivity contribution >= 4 is 0 Å². The van der Waals surface area contributed by atoms with Crippen LogP contribution in [0.5, 0.6) is 0 Å². The minimum atomic E-state index is -0.341. The van der Waals surface area contributed by atoms with Gasteiger partial charge in [0.05, 0.1) is 0 Å². The van der Waals surface area contributed by atoms with Crippen LogP contribution < -0.4 is 5.32 Å². The fraction of sp³-hybridized carbons (Fsp3) is 0.667. The SMILES string of the molecule is CC1CCC(CNC(C)(C)C)C(c2cc(F)ccc2F)C1. The lowest BCUT2D eigenvalue weighted by atomic mass is 9.71. The molecule has 1 saturated carbocycles. The van der Waals surface area contributed by atoms with Crippen LogP contribution in [0.3, 0.4) is 0 Å². The lowest BCUT2D eigenvalue weighted by Gasteiger charge is -2.37. The quantitative estimate of drug-likeness (QED) is 0.838. The van der Waals surface area contributed by atoms with Crippen molar-refractivity contribution in [2.24, 2.45) is 11.8 Å². The Morgan fingerprint density at radius 2 is 1.90 bits per heavy atom. The Morgan fingerprint density at radius 3 is 2.57 bits per heavy atom. The molecule has 1 aliphatic carbocycles. The summed E-state index contributed by atoms with van der Waals surface area (Å²) < 4.78 is 27.7. The van der Waals surface area contributed by atoms with Gasteiger partial charge < -0.3 is 5.32 Å². The number of hydrogen-bond acceptors (Lipinski definition) is 1. The number of benzene rings is 1. The molecular weight excluding hydrogens is 268 g/mol. The molecule has 1 aliphatic rings. The number of hydrogen-bond donors (Lipinski definition) is 1. The van der Waals surface area contributed by atoms with E-state index in [9.17, 15) is 8.78 Å². The zero-order chi connectivity index (χ0) is 15.6. The third-order valence-corrected chi connectivity index (χ3v) is 4.51. The monoisotopic (exact) mass is 295 g/mol. The second kappa shape index (κ2) is 6.43. The second-order valence-electron chi connectivity index (χ2n) is 7.58. The van der Waals surface area contributed by atoms with Crippen molar-refractivity contribution in [3.8, 4) is 0 Å². The van der Waals surface area contributed by atoms with Gasteiger partial charge in [-0.15, -0.1) is 0 Å². The molecule has 0 aliphatic heterocycles. The Morgan fingerprint density at radius 1 is 1.19 bits per heavy atom. The van der Waals surface area contributed by atoms with Crippen molar-refractivity contribution in [1.82, 2.24) is 5.32 Å². The highest BCUT2D eigenvalue weighted by atomic mass is 19.1. The number of rotatable bonds is 3. The molecule has 0 heterocycles. The molecule has 3 unspecified atom stereocenters. The van der Waals surface area contributed by atoms with Gasteiger partial charge in [0.2, 0.25) is 0 Å². The largest absolute Gasteiger partial charge is 0.312 e. The first kappa shape index (κ1) is 16.4. The Bertz CT molecular complexity index is 479. The Balaban J connectivity index is 2.20. The zero-order valence-corrected chi connectivity index (χ0v) is 13.5. The van der Waals surface area contributed by atoms with Crippen molar-refractivity contribution in [3.63, 3.8) is 0 Å². The third kappa shape index (κ3) is 4.50. The molecule has 1 fully saturated rings. The van der Waals surface area contributed by atoms with Gasteiger partial charge in [-0.1, -0.05) is 13.3 Å². The summed E-state index contributed by atoms with van der Waals surface area (Å²) in [5, 5.41) is 3.52. The van der Waals surface area contributed by atoms with Gasteiger partial charge in [-0.05, 0) is 81.7 Å². The van der Waals surface area contributed by atoms with Gasteiger partial charge in [-0.25, -0.2) is 8.78 Å². The maximum absolute atomic E-state index is 14.1. The summed E-state index contributed by atoms with van der Waals surface area (Å²) in [6.45, 7) is 9.47. The predicted octanol–water partition coefficient (Wildman–Crippen LogP) is 4.87. The van der Waals surface area contributed by atoms with E-state index in [0.717, 1.165) is 19.4 Å². The molecule has 1 N–H and O–H groups in total. The minimum absolute atomic E-state index is 0.0497. The van der Waals surface area contributed by atoms with Gasteiger partial charge in [0.15, 0.2) is 0 Å². The van der Waals surface area contributed by atoms with E-state index < -0.39 is 0 Å². The van der Waals surface area contributed by atoms with Crippen LogP contribution in [-0.4, -0.2) is 12.1 Å². The maximum atomic E-state index is 14.1. The van der Waals surface area contributed by atoms with Crippen LogP contribution >= 0.6 is 0 Å². The van der Waals surface area contributed by atoms with Gasteiger partial charge >= 0.3 is 0 Å². The Hall–Kier alpha value is -0.960. The van der Waals surface area contributed by atoms with Gasteiger partial charge in [0.1, 0.15) is 11.6 Å². The van der Waals surface area contributed by atoms with Gasteiger partial charge in [-0.3, -0.25) is 0 Å². The highest BCUT2D eigenvalue weighted by molar-refractivity contribution is 5.24. The predicted molar refractivity (Wildman–Crippen MR) is 83.4 cm³/mol. The Labute approximate surface area is 127 Å². The number of halogens is 2. The third-order valence-electron chi connectivity index (χ3n) is 4.51. The molecule has 0 amide bonds. The molecule has 1 aromatic rings. The summed E-state index contributed by atoms with van der Waals surface area (Å²) in [5.74, 6) is 0.447. The van der Waals surface area contributed by atoms with E-state index in [0.29, 0.717) is 17.4 Å². The first-order chi connectivity index (χ1) is 9.76. The standard InChI is InChI=1S/C18H27F2N/c1-12-5-6-13(11-21-18(2,3)4)15(9-12)16-10-14(19)7-8-17(16)20/h7-8,10,12-13,15,21H,5-6,9,11H2,1-4H3. The summed E-state index contributed by atoms with van der Waals surface area (Å²) in [5.41, 5.74) is 0.607. The molecule has 0 bridgehead atoms. The average molecular weight is 295 g/mol. The lowest BCUT2D eigenvalue weighted by molar-refractivity contribution is 0.223. The van der Waals surface area contributed by atoms with Crippen molar-refractivity contribution in [1.29, 1.82) is 0 Å². The highest BCUT2D eigenvalue weighted by Gasteiger charge is 2.32. The number of nitrogens with one attached hydrogen (secondary N) is 1. The van der Waals surface area contributed by atoms with E-state index in [1.54, 1.807) is 0 Å². The molecule has 0 aromatic heterocycles. The molecule has 0 spiro atoms. The highest BCUT2D eigenvalue weighted by Crippen LogP contribution is 2.41. The van der Waals surface area contributed by atoms with Crippen molar-refractivity contribution < 1.29 is 8.78 Å². The fourth-order valence-electron chi connectivity index (χ4n) is 3.30. The smallest absolute Gasteiger partial charge is 0.126 e. The first-order valence-electron chi connectivity index (χ1n) is 7.96. The van der Waals surface area contributed by atoms with Crippen molar-refractivity contribution in [3.05, 3.63) is 35.4 Å². The molecule has 0 saturated heterocycles. The van der Waals surface area contributed by atoms with Crippen LogP contribution in [0.1, 0.15) is 58.4 Å². The molecule has 0 radical (unpaired) electrons. The fourth-order valence-corrected chi connectivity index (χ4v) is 3.30. The van der Waals surface area contributed by atoms with Gasteiger partial charge in [-0.2, -0.15) is 0 Å². The van der Waals surface area contributed by atoms with E-state index in [1.165, 1.54) is 24.6 Å². The molecule has 3 atom stereocenters. The van der Waals surface area contributed by atoms with E-state index in [1.807, 2.05) is 0 Å². The summed E-state index contributed by atoms with van der Waals surface area (Å²) >= 11 is 0. The summed E-state index contributed by atoms with van der Waals surface area (Å²) in [6, 6.07) is 3.85. The molecule has 1 aromatic carbocycles. The summed E-state index contributed by atoms with van der Waals surface area (Å²) in [4.78, 5) is 0. The van der Waals surface area contributed by atoms with Crippen LogP contribution in [0.2, 0.25) is 0 Å². The summed E-state index contributed by atoms with van der Waals surface area (Å²) in [6.07, 6.45) is 3.19. The average Bonchev–Trinajstić information content (AvgIpc) is 2.39. The second-order valence-corrected chi connectivity index (χ2v) is 7.58. The zero-order valence-electron chi connectivity index (χ0n) is 13.5. The molecule has 118 valence electrons. The van der Waals surface area contributed by atoms with E-state index in [2.05, 4.69) is 33.0 Å². The molecular formula is C18H27F2N. The van der Waals surface area contributed by atoms with E-state index in [4.69, 9.17) is 0 Å². The van der Waals surface area contributed by atoms with Gasteiger partial charge in [0, 0.05) is 5.54 Å². The topological polar surface area (TPSA) is 12.0 Å². The first-order valence-corrected chi connectivity index (χ1v) is 7.96. The molecule has 3 heteroatoms. The Kier molecular flexibility index (Phi) is 5.03. The molecule has 1 nitrogen and oxygen atoms in total. The lowest BCUT2D eigenvalue weighted by Crippen LogP contribution is -2.41. The minimum Gasteiger partial charge on any atom is -0.312 e. The van der Waals surface area contributed by atoms with Gasteiger partial charge in [0.25, 0.3) is 0 Å². The van der Waals surface area contributed by atoms with Crippen LogP contribution in [0.15, 0.2) is 18.2 Å². The maximum Gasteiger partial charge on any atom is 0.126 e. The van der Waals surface area contributed by atoms with Crippen LogP contribution in [0, 0.1) is 23.5 Å². The van der Waals surface area contributed by atoms with Crippen molar-refractivity contribution in [2.45, 2.75) is 58.4 Å². The molecule has 21 heavy (non-hydrogen) atoms. The van der Waals surface area contributed by atoms with E-state index >= 15 is 0 Å². The van der Waals surface area contributed by atoms with Crippen molar-refractivity contribution in [2.75, 3.05) is 6.54 Å². The summed E-state index contributed by atoms with van der Waals surface area (Å²) in [7, 11) is 0. The van der Waals surface area contributed by atoms with Crippen LogP contribution in [-0.2, 0) is 0 Å². The molecule has 2 rings (SSSR count).